The van der Waals surface area contributed by atoms with E-state index in [0.29, 0.717) is 18.4 Å². The molecule has 1 fully saturated rings. The van der Waals surface area contributed by atoms with Crippen molar-refractivity contribution in [3.63, 3.8) is 0 Å². The van der Waals surface area contributed by atoms with Gasteiger partial charge in [0.2, 0.25) is 5.91 Å². The molecule has 3 atom stereocenters. The largest absolute Gasteiger partial charge is 0.378 e. The van der Waals surface area contributed by atoms with E-state index in [1.165, 1.54) is 5.56 Å². The first-order chi connectivity index (χ1) is 10.2. The highest BCUT2D eigenvalue weighted by atomic mass is 16.5. The Morgan fingerprint density at radius 3 is 3.00 bits per heavy atom. The van der Waals surface area contributed by atoms with Gasteiger partial charge >= 0.3 is 0 Å². The number of nitrogens with one attached hydrogen (secondary N) is 1. The highest BCUT2D eigenvalue weighted by molar-refractivity contribution is 5.96. The van der Waals surface area contributed by atoms with Crippen LogP contribution in [0.1, 0.15) is 37.8 Å². The number of fused-ring (bicyclic) bond motifs is 1. The zero-order valence-electron chi connectivity index (χ0n) is 12.8. The van der Waals surface area contributed by atoms with Crippen molar-refractivity contribution in [1.29, 1.82) is 0 Å². The van der Waals surface area contributed by atoms with Crippen LogP contribution < -0.4 is 10.2 Å². The van der Waals surface area contributed by atoms with Crippen LogP contribution in [-0.4, -0.2) is 32.2 Å². The third kappa shape index (κ3) is 2.83. The molecule has 0 radical (unpaired) electrons. The minimum atomic E-state index is 0.128. The van der Waals surface area contributed by atoms with Crippen LogP contribution in [0.15, 0.2) is 24.3 Å². The van der Waals surface area contributed by atoms with E-state index in [1.54, 1.807) is 4.90 Å². The number of carbonyl (C=O) groups is 1. The van der Waals surface area contributed by atoms with Gasteiger partial charge in [0.25, 0.3) is 0 Å². The van der Waals surface area contributed by atoms with Gasteiger partial charge in [0.05, 0.1) is 6.10 Å². The number of carbonyl (C=O) groups excluding carboxylic acids is 1. The first-order valence-electron chi connectivity index (χ1n) is 7.91. The third-order valence-corrected chi connectivity index (χ3v) is 4.80. The summed E-state index contributed by atoms with van der Waals surface area (Å²) < 4.78 is 5.75. The van der Waals surface area contributed by atoms with Crippen LogP contribution in [0.3, 0.4) is 0 Å². The summed E-state index contributed by atoms with van der Waals surface area (Å²) in [5.41, 5.74) is 2.26. The molecule has 1 N–H and O–H groups in total. The lowest BCUT2D eigenvalue weighted by molar-refractivity contribution is -0.119. The molecule has 1 amide bonds. The van der Waals surface area contributed by atoms with Gasteiger partial charge in [-0.1, -0.05) is 25.1 Å². The monoisotopic (exact) mass is 288 g/mol. The maximum Gasteiger partial charge on any atom is 0.228 e. The number of hydrogen-bond donors (Lipinski definition) is 1. The highest BCUT2D eigenvalue weighted by Crippen LogP contribution is 2.34. The number of para-hydroxylation sites is 1. The van der Waals surface area contributed by atoms with Gasteiger partial charge < -0.3 is 15.0 Å². The zero-order chi connectivity index (χ0) is 14.8. The molecule has 3 rings (SSSR count). The number of amides is 1. The number of hydrogen-bond acceptors (Lipinski definition) is 3. The fourth-order valence-electron chi connectivity index (χ4n) is 3.50. The van der Waals surface area contributed by atoms with Crippen molar-refractivity contribution >= 4 is 11.6 Å². The van der Waals surface area contributed by atoms with E-state index in [0.717, 1.165) is 31.7 Å². The smallest absolute Gasteiger partial charge is 0.228 e. The summed E-state index contributed by atoms with van der Waals surface area (Å²) in [6.07, 6.45) is 3.09. The second-order valence-electron chi connectivity index (χ2n) is 6.04. The Morgan fingerprint density at radius 1 is 1.38 bits per heavy atom. The fourth-order valence-corrected chi connectivity index (χ4v) is 3.50. The lowest BCUT2D eigenvalue weighted by atomic mass is 9.94. The van der Waals surface area contributed by atoms with E-state index in [4.69, 9.17) is 4.74 Å². The quantitative estimate of drug-likeness (QED) is 0.925. The number of nitrogens with zero attached hydrogens (tertiary/aromatic N) is 1. The molecule has 1 aromatic carbocycles. The standard InChI is InChI=1S/C17H24N2O2/c1-3-16-12(8-9-21-16)11-18-14-10-17(20)19(2)15-7-5-4-6-13(14)15/h4-7,12,14,16,18H,3,8-11H2,1-2H3. The summed E-state index contributed by atoms with van der Waals surface area (Å²) in [6.45, 7) is 3.97. The van der Waals surface area contributed by atoms with Crippen molar-refractivity contribution in [1.82, 2.24) is 5.32 Å². The minimum absolute atomic E-state index is 0.128. The van der Waals surface area contributed by atoms with Crippen molar-refractivity contribution in [3.8, 4) is 0 Å². The Labute approximate surface area is 126 Å². The zero-order valence-corrected chi connectivity index (χ0v) is 12.8. The second-order valence-corrected chi connectivity index (χ2v) is 6.04. The second kappa shape index (κ2) is 6.16. The van der Waals surface area contributed by atoms with E-state index in [-0.39, 0.29) is 11.9 Å². The summed E-state index contributed by atoms with van der Waals surface area (Å²) in [5, 5.41) is 3.61. The molecular weight excluding hydrogens is 264 g/mol. The van der Waals surface area contributed by atoms with E-state index < -0.39 is 0 Å². The molecular formula is C17H24N2O2. The molecule has 21 heavy (non-hydrogen) atoms. The Morgan fingerprint density at radius 2 is 2.19 bits per heavy atom. The normalized spacial score (nSPS) is 28.8. The van der Waals surface area contributed by atoms with Gasteiger partial charge in [-0.2, -0.15) is 0 Å². The maximum atomic E-state index is 12.1. The molecule has 0 spiro atoms. The van der Waals surface area contributed by atoms with Crippen molar-refractivity contribution in [3.05, 3.63) is 29.8 Å². The minimum Gasteiger partial charge on any atom is -0.378 e. The predicted molar refractivity (Wildman–Crippen MR) is 83.4 cm³/mol. The van der Waals surface area contributed by atoms with Gasteiger partial charge in [0, 0.05) is 38.3 Å². The van der Waals surface area contributed by atoms with Crippen LogP contribution in [0.5, 0.6) is 0 Å². The van der Waals surface area contributed by atoms with E-state index in [9.17, 15) is 4.79 Å². The summed E-state index contributed by atoms with van der Waals surface area (Å²) in [7, 11) is 1.86. The van der Waals surface area contributed by atoms with Gasteiger partial charge in [-0.15, -0.1) is 0 Å². The predicted octanol–water partition coefficient (Wildman–Crippen LogP) is 2.50. The van der Waals surface area contributed by atoms with Crippen LogP contribution in [0.2, 0.25) is 0 Å². The molecule has 114 valence electrons. The summed E-state index contributed by atoms with van der Waals surface area (Å²) in [6, 6.07) is 8.31. The molecule has 3 unspecified atom stereocenters. The lowest BCUT2D eigenvalue weighted by Crippen LogP contribution is -2.40. The molecule has 4 nitrogen and oxygen atoms in total. The molecule has 2 aliphatic heterocycles. The Kier molecular flexibility index (Phi) is 4.27. The number of ether oxygens (including phenoxy) is 1. The third-order valence-electron chi connectivity index (χ3n) is 4.80. The summed E-state index contributed by atoms with van der Waals surface area (Å²) in [5.74, 6) is 0.748. The van der Waals surface area contributed by atoms with Crippen LogP contribution in [-0.2, 0) is 9.53 Å². The Hall–Kier alpha value is -1.39. The molecule has 0 aliphatic carbocycles. The van der Waals surface area contributed by atoms with Gasteiger partial charge in [0.15, 0.2) is 0 Å². The van der Waals surface area contributed by atoms with Crippen molar-refractivity contribution in [2.75, 3.05) is 25.1 Å². The van der Waals surface area contributed by atoms with E-state index in [2.05, 4.69) is 18.3 Å². The van der Waals surface area contributed by atoms with Crippen LogP contribution in [0.25, 0.3) is 0 Å². The topological polar surface area (TPSA) is 41.6 Å². The molecule has 1 saturated heterocycles. The van der Waals surface area contributed by atoms with Crippen molar-refractivity contribution in [2.45, 2.75) is 38.3 Å². The van der Waals surface area contributed by atoms with Gasteiger partial charge in [-0.3, -0.25) is 4.79 Å². The first-order valence-corrected chi connectivity index (χ1v) is 7.91. The van der Waals surface area contributed by atoms with Crippen LogP contribution in [0, 0.1) is 5.92 Å². The number of anilines is 1. The van der Waals surface area contributed by atoms with E-state index in [1.807, 2.05) is 25.2 Å². The maximum absolute atomic E-state index is 12.1. The molecule has 2 heterocycles. The van der Waals surface area contributed by atoms with Crippen molar-refractivity contribution < 1.29 is 9.53 Å². The number of benzene rings is 1. The average molecular weight is 288 g/mol. The summed E-state index contributed by atoms with van der Waals surface area (Å²) in [4.78, 5) is 13.9. The van der Waals surface area contributed by atoms with E-state index >= 15 is 0 Å². The first kappa shape index (κ1) is 14.5. The van der Waals surface area contributed by atoms with Crippen LogP contribution in [0.4, 0.5) is 5.69 Å². The Balaban J connectivity index is 1.71. The summed E-state index contributed by atoms with van der Waals surface area (Å²) >= 11 is 0. The average Bonchev–Trinajstić information content (AvgIpc) is 2.97. The van der Waals surface area contributed by atoms with Gasteiger partial charge in [0.1, 0.15) is 0 Å². The molecule has 1 aromatic rings. The van der Waals surface area contributed by atoms with Crippen molar-refractivity contribution in [2.24, 2.45) is 5.92 Å². The Bertz CT molecular complexity index is 517. The fraction of sp³-hybridized carbons (Fsp3) is 0.588. The SMILES string of the molecule is CCC1OCCC1CNC1CC(=O)N(C)c2ccccc21. The van der Waals surface area contributed by atoms with Crippen LogP contribution >= 0.6 is 0 Å². The van der Waals surface area contributed by atoms with Gasteiger partial charge in [-0.25, -0.2) is 0 Å². The number of rotatable bonds is 4. The molecule has 0 bridgehead atoms. The van der Waals surface area contributed by atoms with Gasteiger partial charge in [-0.05, 0) is 30.4 Å². The molecule has 0 saturated carbocycles. The highest BCUT2D eigenvalue weighted by Gasteiger charge is 2.31. The molecule has 4 heteroatoms. The molecule has 0 aromatic heterocycles. The lowest BCUT2D eigenvalue weighted by Gasteiger charge is -2.33. The molecule has 2 aliphatic rings.